The minimum absolute atomic E-state index is 0.0758. The van der Waals surface area contributed by atoms with Crippen LogP contribution in [0.2, 0.25) is 0 Å². The molecule has 0 saturated carbocycles. The number of rotatable bonds is 12. The van der Waals surface area contributed by atoms with Crippen molar-refractivity contribution in [1.29, 1.82) is 0 Å². The lowest BCUT2D eigenvalue weighted by Crippen LogP contribution is -2.49. The highest BCUT2D eigenvalue weighted by Gasteiger charge is 2.23. The Morgan fingerprint density at radius 1 is 1.00 bits per heavy atom. The number of benzene rings is 2. The molecular formula is C28H36N4O4. The first-order valence-electron chi connectivity index (χ1n) is 12.4. The fourth-order valence-corrected chi connectivity index (χ4v) is 4.08. The third-order valence-corrected chi connectivity index (χ3v) is 5.78. The number of hydrogen-bond acceptors (Lipinski definition) is 4. The standard InChI is InChI=1S/C28H36N4O4/c1-4-36-27(34)17-30-28(35)32(18-21(2)3)20-26(33)31(19-22-10-6-5-7-11-22)15-14-23-16-29-25-13-9-8-12-24(23)25/h5-13,16,21,29H,4,14-15,17-20H2,1-3H3,(H,30,35). The lowest BCUT2D eigenvalue weighted by molar-refractivity contribution is -0.141. The molecule has 0 aliphatic carbocycles. The van der Waals surface area contributed by atoms with E-state index in [0.717, 1.165) is 22.0 Å². The molecule has 3 amide bonds. The smallest absolute Gasteiger partial charge is 0.325 e. The number of urea groups is 1. The molecule has 192 valence electrons. The van der Waals surface area contributed by atoms with Crippen LogP contribution in [-0.4, -0.2) is 65.5 Å². The summed E-state index contributed by atoms with van der Waals surface area (Å²) >= 11 is 0. The third-order valence-electron chi connectivity index (χ3n) is 5.78. The number of hydrogen-bond donors (Lipinski definition) is 2. The van der Waals surface area contributed by atoms with E-state index in [1.54, 1.807) is 11.8 Å². The SMILES string of the molecule is CCOC(=O)CNC(=O)N(CC(=O)N(CCc1c[nH]c2ccccc12)Cc1ccccc1)CC(C)C. The maximum atomic E-state index is 13.5. The van der Waals surface area contributed by atoms with Crippen LogP contribution in [-0.2, 0) is 27.3 Å². The molecule has 3 rings (SSSR count). The van der Waals surface area contributed by atoms with Crippen LogP contribution in [0, 0.1) is 5.92 Å². The van der Waals surface area contributed by atoms with Crippen molar-refractivity contribution >= 4 is 28.8 Å². The monoisotopic (exact) mass is 492 g/mol. The van der Waals surface area contributed by atoms with E-state index >= 15 is 0 Å². The average molecular weight is 493 g/mol. The molecule has 0 unspecified atom stereocenters. The number of carbonyl (C=O) groups is 3. The van der Waals surface area contributed by atoms with E-state index in [1.807, 2.05) is 68.6 Å². The first-order valence-corrected chi connectivity index (χ1v) is 12.4. The molecule has 0 bridgehead atoms. The minimum atomic E-state index is -0.508. The zero-order valence-corrected chi connectivity index (χ0v) is 21.3. The molecule has 0 fully saturated rings. The summed E-state index contributed by atoms with van der Waals surface area (Å²) in [6, 6.07) is 17.5. The number of aromatic nitrogens is 1. The molecule has 0 aliphatic heterocycles. The summed E-state index contributed by atoms with van der Waals surface area (Å²) in [7, 11) is 0. The highest BCUT2D eigenvalue weighted by molar-refractivity contribution is 5.86. The van der Waals surface area contributed by atoms with Gasteiger partial charge in [-0.15, -0.1) is 0 Å². The van der Waals surface area contributed by atoms with E-state index < -0.39 is 12.0 Å². The second-order valence-corrected chi connectivity index (χ2v) is 9.15. The number of H-pyrrole nitrogens is 1. The first kappa shape index (κ1) is 26.8. The van der Waals surface area contributed by atoms with Gasteiger partial charge in [0.1, 0.15) is 13.1 Å². The highest BCUT2D eigenvalue weighted by Crippen LogP contribution is 2.19. The average Bonchev–Trinajstić information content (AvgIpc) is 3.28. The van der Waals surface area contributed by atoms with Crippen molar-refractivity contribution in [3.63, 3.8) is 0 Å². The van der Waals surface area contributed by atoms with Crippen LogP contribution >= 0.6 is 0 Å². The predicted octanol–water partition coefficient (Wildman–Crippen LogP) is 3.97. The fraction of sp³-hybridized carbons (Fsp3) is 0.393. The van der Waals surface area contributed by atoms with Gasteiger partial charge in [0, 0.05) is 36.7 Å². The van der Waals surface area contributed by atoms with Gasteiger partial charge in [-0.25, -0.2) is 4.79 Å². The molecule has 3 aromatic rings. The van der Waals surface area contributed by atoms with Crippen LogP contribution in [0.1, 0.15) is 31.9 Å². The van der Waals surface area contributed by atoms with E-state index in [2.05, 4.69) is 16.4 Å². The summed E-state index contributed by atoms with van der Waals surface area (Å²) in [5.74, 6) is -0.503. The van der Waals surface area contributed by atoms with E-state index in [1.165, 1.54) is 4.90 Å². The summed E-state index contributed by atoms with van der Waals surface area (Å²) in [4.78, 5) is 44.6. The minimum Gasteiger partial charge on any atom is -0.465 e. The van der Waals surface area contributed by atoms with Gasteiger partial charge in [0.25, 0.3) is 0 Å². The number of aromatic amines is 1. The number of para-hydroxylation sites is 1. The van der Waals surface area contributed by atoms with Crippen LogP contribution < -0.4 is 5.32 Å². The summed E-state index contributed by atoms with van der Waals surface area (Å²) < 4.78 is 4.89. The molecule has 1 aromatic heterocycles. The summed E-state index contributed by atoms with van der Waals surface area (Å²) in [6.07, 6.45) is 2.67. The number of amides is 3. The van der Waals surface area contributed by atoms with Crippen molar-refractivity contribution in [2.45, 2.75) is 33.7 Å². The topological polar surface area (TPSA) is 94.7 Å². The molecule has 0 saturated heterocycles. The zero-order valence-electron chi connectivity index (χ0n) is 21.3. The normalized spacial score (nSPS) is 10.9. The molecule has 8 nitrogen and oxygen atoms in total. The molecular weight excluding hydrogens is 456 g/mol. The van der Waals surface area contributed by atoms with Crippen molar-refractivity contribution in [3.8, 4) is 0 Å². The lowest BCUT2D eigenvalue weighted by Gasteiger charge is -2.29. The molecule has 0 spiro atoms. The van der Waals surface area contributed by atoms with Gasteiger partial charge >= 0.3 is 12.0 Å². The molecule has 1 heterocycles. The fourth-order valence-electron chi connectivity index (χ4n) is 4.08. The van der Waals surface area contributed by atoms with E-state index in [0.29, 0.717) is 26.1 Å². The van der Waals surface area contributed by atoms with Crippen LogP contribution in [0.25, 0.3) is 10.9 Å². The molecule has 0 aliphatic rings. The quantitative estimate of drug-likeness (QED) is 0.374. The van der Waals surface area contributed by atoms with Gasteiger partial charge in [0.05, 0.1) is 6.61 Å². The number of fused-ring (bicyclic) bond motifs is 1. The highest BCUT2D eigenvalue weighted by atomic mass is 16.5. The van der Waals surface area contributed by atoms with Gasteiger partial charge < -0.3 is 24.8 Å². The Hall–Kier alpha value is -3.81. The Bertz CT molecular complexity index is 1140. The first-order chi connectivity index (χ1) is 17.4. The summed E-state index contributed by atoms with van der Waals surface area (Å²) in [5, 5.41) is 3.72. The number of carbonyl (C=O) groups excluding carboxylic acids is 3. The van der Waals surface area contributed by atoms with Crippen LogP contribution in [0.3, 0.4) is 0 Å². The van der Waals surface area contributed by atoms with Gasteiger partial charge in [-0.05, 0) is 36.5 Å². The van der Waals surface area contributed by atoms with Crippen molar-refractivity contribution < 1.29 is 19.1 Å². The summed E-state index contributed by atoms with van der Waals surface area (Å²) in [6.45, 7) is 6.95. The van der Waals surface area contributed by atoms with Crippen molar-refractivity contribution in [1.82, 2.24) is 20.1 Å². The predicted molar refractivity (Wildman–Crippen MR) is 140 cm³/mol. The van der Waals surface area contributed by atoms with E-state index in [4.69, 9.17) is 4.74 Å². The van der Waals surface area contributed by atoms with E-state index in [9.17, 15) is 14.4 Å². The molecule has 2 N–H and O–H groups in total. The lowest BCUT2D eigenvalue weighted by atomic mass is 10.1. The molecule has 0 atom stereocenters. The van der Waals surface area contributed by atoms with Gasteiger partial charge in [0.15, 0.2) is 0 Å². The van der Waals surface area contributed by atoms with Crippen LogP contribution in [0.5, 0.6) is 0 Å². The molecule has 0 radical (unpaired) electrons. The maximum absolute atomic E-state index is 13.5. The Morgan fingerprint density at radius 3 is 2.44 bits per heavy atom. The van der Waals surface area contributed by atoms with Gasteiger partial charge in [0.2, 0.25) is 5.91 Å². The summed E-state index contributed by atoms with van der Waals surface area (Å²) in [5.41, 5.74) is 3.23. The van der Waals surface area contributed by atoms with E-state index in [-0.39, 0.29) is 31.5 Å². The number of nitrogens with zero attached hydrogens (tertiary/aromatic N) is 2. The largest absolute Gasteiger partial charge is 0.465 e. The Balaban J connectivity index is 1.72. The van der Waals surface area contributed by atoms with Crippen LogP contribution in [0.4, 0.5) is 4.79 Å². The van der Waals surface area contributed by atoms with Gasteiger partial charge in [-0.3, -0.25) is 9.59 Å². The van der Waals surface area contributed by atoms with Crippen LogP contribution in [0.15, 0.2) is 60.8 Å². The Morgan fingerprint density at radius 2 is 1.72 bits per heavy atom. The Kier molecular flexibility index (Phi) is 9.92. The Labute approximate surface area is 212 Å². The van der Waals surface area contributed by atoms with Crippen molar-refractivity contribution in [2.75, 3.05) is 32.8 Å². The van der Waals surface area contributed by atoms with Gasteiger partial charge in [-0.1, -0.05) is 62.4 Å². The molecule has 2 aromatic carbocycles. The molecule has 8 heteroatoms. The third kappa shape index (κ3) is 7.86. The number of esters is 1. The van der Waals surface area contributed by atoms with Crippen molar-refractivity contribution in [3.05, 3.63) is 71.9 Å². The second kappa shape index (κ2) is 13.3. The number of ether oxygens (including phenoxy) is 1. The zero-order chi connectivity index (χ0) is 25.9. The maximum Gasteiger partial charge on any atom is 0.325 e. The second-order valence-electron chi connectivity index (χ2n) is 9.15. The van der Waals surface area contributed by atoms with Gasteiger partial charge in [-0.2, -0.15) is 0 Å². The van der Waals surface area contributed by atoms with Crippen molar-refractivity contribution in [2.24, 2.45) is 5.92 Å². The molecule has 36 heavy (non-hydrogen) atoms. The number of nitrogens with one attached hydrogen (secondary N) is 2.